The molecule has 21 heteroatoms. The first kappa shape index (κ1) is 36.7. The number of aromatic nitrogens is 3. The van der Waals surface area contributed by atoms with Crippen LogP contribution in [0, 0.1) is 5.41 Å². The molecule has 2 heterocycles. The van der Waals surface area contributed by atoms with Crippen LogP contribution in [-0.4, -0.2) is 119 Å². The van der Waals surface area contributed by atoms with E-state index in [0.717, 1.165) is 25.0 Å². The molecule has 1 unspecified atom stereocenters. The first-order chi connectivity index (χ1) is 20.6. The Morgan fingerprint density at radius 3 is 2.20 bits per heavy atom. The largest absolute Gasteiger partial charge is 0.468 e. The van der Waals surface area contributed by atoms with Gasteiger partial charge < -0.3 is 39.6 Å². The summed E-state index contributed by atoms with van der Waals surface area (Å²) in [6.07, 6.45) is -5.09. The van der Waals surface area contributed by atoms with E-state index in [4.69, 9.17) is 33.7 Å². The maximum Gasteiger partial charge on any atom is 0.406 e. The van der Waals surface area contributed by atoms with Crippen molar-refractivity contribution in [2.24, 2.45) is 11.1 Å². The summed E-state index contributed by atoms with van der Waals surface area (Å²) in [5, 5.41) is 27.1. The molecule has 1 saturated heterocycles. The molecule has 0 aromatic carbocycles. The Kier molecular flexibility index (Phi) is 13.3. The molecule has 1 aliphatic heterocycles. The second-order valence-electron chi connectivity index (χ2n) is 9.20. The summed E-state index contributed by atoms with van der Waals surface area (Å²) in [6, 6.07) is -1.35. The first-order valence-corrected chi connectivity index (χ1v) is 14.6. The van der Waals surface area contributed by atoms with Gasteiger partial charge in [-0.25, -0.2) is 19.3 Å². The van der Waals surface area contributed by atoms with E-state index >= 15 is 0 Å². The van der Waals surface area contributed by atoms with Gasteiger partial charge in [-0.1, -0.05) is 0 Å². The Morgan fingerprint density at radius 2 is 1.70 bits per heavy atom. The third kappa shape index (κ3) is 9.00. The number of nitrogens with zero attached hydrogens (tertiary/aromatic N) is 3. The van der Waals surface area contributed by atoms with Gasteiger partial charge in [-0.15, -0.1) is 5.10 Å². The number of hydrogen-bond acceptors (Lipinski definition) is 17. The number of nitrogens with one attached hydrogen (secondary N) is 1. The van der Waals surface area contributed by atoms with Crippen LogP contribution in [0.4, 0.5) is 0 Å². The van der Waals surface area contributed by atoms with Crippen LogP contribution in [0.2, 0.25) is 0 Å². The molecule has 1 fully saturated rings. The van der Waals surface area contributed by atoms with Crippen LogP contribution in [0.1, 0.15) is 44.5 Å². The minimum Gasteiger partial charge on any atom is -0.468 e. The van der Waals surface area contributed by atoms with Gasteiger partial charge in [0, 0.05) is 6.92 Å². The molecular weight excluding hydrogens is 617 g/mol. The van der Waals surface area contributed by atoms with Gasteiger partial charge in [0.2, 0.25) is 11.2 Å². The molecular formula is C23H36N5O15P. The fraction of sp³-hybridized carbons (Fsp3) is 0.696. The highest BCUT2D eigenvalue weighted by Gasteiger charge is 2.53. The van der Waals surface area contributed by atoms with E-state index in [9.17, 15) is 38.8 Å². The maximum atomic E-state index is 13.9. The average Bonchev–Trinajstić information content (AvgIpc) is 3.57. The standard InChI is InChI=1S/C23H36N5O15P/c1-6-38-21(34)23(9-40-13(4)29,22(35)39-7-2)10-42-44(36,27-12(3)20(33)37-5)41-8-14-15(30)16(31)19(43-14)28-11-25-18(26-28)17(24)32/h11-12,14-16,19,30-31H,6-10H2,1-5H3,(H2,24,32)(H,27,36)/t12-,14+,15+,16+,19+,44?/m0/s1. The molecule has 6 atom stereocenters. The van der Waals surface area contributed by atoms with Gasteiger partial charge in [0.05, 0.1) is 33.5 Å². The van der Waals surface area contributed by atoms with E-state index in [-0.39, 0.29) is 13.2 Å². The Balaban J connectivity index is 2.36. The molecule has 1 aromatic rings. The third-order valence-corrected chi connectivity index (χ3v) is 7.64. The van der Waals surface area contributed by atoms with Crippen LogP contribution in [0.15, 0.2) is 6.33 Å². The zero-order valence-corrected chi connectivity index (χ0v) is 25.5. The number of amides is 1. The molecule has 0 radical (unpaired) electrons. The molecule has 0 saturated carbocycles. The van der Waals surface area contributed by atoms with Crippen molar-refractivity contribution in [1.29, 1.82) is 0 Å². The fourth-order valence-electron chi connectivity index (χ4n) is 3.66. The Bertz CT molecular complexity index is 1220. The van der Waals surface area contributed by atoms with Crippen molar-refractivity contribution in [1.82, 2.24) is 19.9 Å². The number of ether oxygens (including phenoxy) is 5. The van der Waals surface area contributed by atoms with Crippen LogP contribution < -0.4 is 10.8 Å². The number of carbonyl (C=O) groups is 5. The lowest BCUT2D eigenvalue weighted by atomic mass is 9.90. The van der Waals surface area contributed by atoms with E-state index in [2.05, 4.69) is 19.9 Å². The highest BCUT2D eigenvalue weighted by Crippen LogP contribution is 2.47. The summed E-state index contributed by atoms with van der Waals surface area (Å²) in [7, 11) is -3.73. The summed E-state index contributed by atoms with van der Waals surface area (Å²) in [5.41, 5.74) is 2.64. The molecule has 248 valence electrons. The number of esters is 4. The number of aliphatic hydroxyl groups excluding tert-OH is 2. The van der Waals surface area contributed by atoms with E-state index < -0.39 is 99.2 Å². The highest BCUT2D eigenvalue weighted by molar-refractivity contribution is 7.51. The van der Waals surface area contributed by atoms with Crippen molar-refractivity contribution >= 4 is 37.5 Å². The lowest BCUT2D eigenvalue weighted by molar-refractivity contribution is -0.181. The lowest BCUT2D eigenvalue weighted by Gasteiger charge is -2.30. The van der Waals surface area contributed by atoms with Gasteiger partial charge in [0.15, 0.2) is 6.23 Å². The molecule has 1 aliphatic rings. The molecule has 1 aromatic heterocycles. The normalized spacial score (nSPS) is 22.0. The van der Waals surface area contributed by atoms with Crippen molar-refractivity contribution < 1.29 is 71.5 Å². The van der Waals surface area contributed by atoms with E-state index in [1.807, 2.05) is 0 Å². The molecule has 44 heavy (non-hydrogen) atoms. The zero-order valence-electron chi connectivity index (χ0n) is 24.6. The Hall–Kier alpha value is -3.52. The molecule has 0 bridgehead atoms. The van der Waals surface area contributed by atoms with Crippen molar-refractivity contribution in [3.63, 3.8) is 0 Å². The van der Waals surface area contributed by atoms with Gasteiger partial charge in [0.25, 0.3) is 5.91 Å². The number of aliphatic hydroxyl groups is 2. The quantitative estimate of drug-likeness (QED) is 0.0610. The minimum atomic E-state index is -4.78. The SMILES string of the molecule is CCOC(=O)C(COC(C)=O)(COP(=O)(N[C@@H](C)C(=O)OC)OC[C@H]1O[C@@H](n2cnc(C(N)=O)n2)[C@H](O)[C@@H]1O)C(=O)OCC. The van der Waals surface area contributed by atoms with Crippen molar-refractivity contribution in [2.75, 3.05) is 40.1 Å². The summed E-state index contributed by atoms with van der Waals surface area (Å²) in [4.78, 5) is 64.7. The van der Waals surface area contributed by atoms with Crippen LogP contribution in [0.5, 0.6) is 0 Å². The number of carbonyl (C=O) groups excluding carboxylic acids is 5. The smallest absolute Gasteiger partial charge is 0.406 e. The minimum absolute atomic E-state index is 0.209. The predicted octanol–water partition coefficient (Wildman–Crippen LogP) is -2.04. The number of rotatable bonds is 17. The molecule has 1 amide bonds. The molecule has 2 rings (SSSR count). The van der Waals surface area contributed by atoms with Crippen molar-refractivity contribution in [3.05, 3.63) is 12.2 Å². The second-order valence-corrected chi connectivity index (χ2v) is 11.0. The van der Waals surface area contributed by atoms with Crippen LogP contribution in [0.3, 0.4) is 0 Å². The summed E-state index contributed by atoms with van der Waals surface area (Å²) in [5.74, 6) is -5.63. The lowest BCUT2D eigenvalue weighted by Crippen LogP contribution is -2.50. The van der Waals surface area contributed by atoms with E-state index in [1.54, 1.807) is 0 Å². The molecule has 0 aliphatic carbocycles. The van der Waals surface area contributed by atoms with Gasteiger partial charge in [-0.2, -0.15) is 0 Å². The van der Waals surface area contributed by atoms with E-state index in [0.29, 0.717) is 0 Å². The Morgan fingerprint density at radius 1 is 1.09 bits per heavy atom. The van der Waals surface area contributed by atoms with Gasteiger partial charge in [-0.3, -0.25) is 33.0 Å². The van der Waals surface area contributed by atoms with Crippen LogP contribution in [-0.2, 0) is 56.5 Å². The maximum absolute atomic E-state index is 13.9. The second kappa shape index (κ2) is 16.0. The number of nitrogens with two attached hydrogens (primary N) is 1. The topological polar surface area (TPSA) is 276 Å². The summed E-state index contributed by atoms with van der Waals surface area (Å²) < 4.78 is 50.7. The highest BCUT2D eigenvalue weighted by atomic mass is 31.2. The van der Waals surface area contributed by atoms with Crippen molar-refractivity contribution in [3.8, 4) is 0 Å². The van der Waals surface area contributed by atoms with Gasteiger partial charge >= 0.3 is 31.6 Å². The molecule has 0 spiro atoms. The van der Waals surface area contributed by atoms with Crippen LogP contribution >= 0.6 is 7.75 Å². The third-order valence-electron chi connectivity index (χ3n) is 5.98. The zero-order chi connectivity index (χ0) is 33.2. The van der Waals surface area contributed by atoms with Gasteiger partial charge in [0.1, 0.15) is 37.3 Å². The molecule has 5 N–H and O–H groups in total. The Labute approximate surface area is 251 Å². The average molecular weight is 654 g/mol. The van der Waals surface area contributed by atoms with Crippen LogP contribution in [0.25, 0.3) is 0 Å². The number of methoxy groups -OCH3 is 1. The predicted molar refractivity (Wildman–Crippen MR) is 141 cm³/mol. The monoisotopic (exact) mass is 653 g/mol. The summed E-state index contributed by atoms with van der Waals surface area (Å²) >= 11 is 0. The fourth-order valence-corrected chi connectivity index (χ4v) is 5.20. The van der Waals surface area contributed by atoms with Crippen molar-refractivity contribution in [2.45, 2.75) is 58.3 Å². The summed E-state index contributed by atoms with van der Waals surface area (Å²) in [6.45, 7) is 1.89. The molecule has 20 nitrogen and oxygen atoms in total. The first-order valence-electron chi connectivity index (χ1n) is 13.1. The number of primary amides is 1. The number of hydrogen-bond donors (Lipinski definition) is 4. The van der Waals surface area contributed by atoms with E-state index in [1.165, 1.54) is 20.8 Å². The van der Waals surface area contributed by atoms with Gasteiger partial charge in [-0.05, 0) is 20.8 Å².